The Morgan fingerprint density at radius 1 is 1.03 bits per heavy atom. The van der Waals surface area contributed by atoms with Crippen LogP contribution in [0.5, 0.6) is 0 Å². The quantitative estimate of drug-likeness (QED) is 0.698. The number of morpholine rings is 1. The lowest BCUT2D eigenvalue weighted by Gasteiger charge is -2.35. The van der Waals surface area contributed by atoms with E-state index in [-0.39, 0.29) is 42.9 Å². The van der Waals surface area contributed by atoms with Gasteiger partial charge >= 0.3 is 0 Å². The van der Waals surface area contributed by atoms with Gasteiger partial charge in [0.1, 0.15) is 6.04 Å². The lowest BCUT2D eigenvalue weighted by atomic mass is 10.1. The fourth-order valence-electron chi connectivity index (χ4n) is 3.66. The number of carbonyl (C=O) groups excluding carboxylic acids is 1. The number of nitrogens with two attached hydrogens (primary N) is 1. The molecule has 1 heterocycles. The first-order valence-electron chi connectivity index (χ1n) is 9.96. The molecule has 1 aliphatic heterocycles. The second-order valence-corrected chi connectivity index (χ2v) is 7.87. The van der Waals surface area contributed by atoms with E-state index in [1.54, 1.807) is 0 Å². The van der Waals surface area contributed by atoms with E-state index in [2.05, 4.69) is 48.3 Å². The van der Waals surface area contributed by atoms with E-state index in [0.717, 1.165) is 36.3 Å². The van der Waals surface area contributed by atoms with Crippen LogP contribution in [-0.2, 0) is 22.6 Å². The first-order valence-corrected chi connectivity index (χ1v) is 9.96. The SMILES string of the molecule is Cc1ccc(C(N)C(=O)NCc2ccc(CN3CC(C)OC(C)C3)cc2)cc1.Cl.Cl. The van der Waals surface area contributed by atoms with Crippen molar-refractivity contribution in [1.29, 1.82) is 0 Å². The van der Waals surface area contributed by atoms with E-state index < -0.39 is 6.04 Å². The lowest BCUT2D eigenvalue weighted by molar-refractivity contribution is -0.122. The highest BCUT2D eigenvalue weighted by atomic mass is 35.5. The lowest BCUT2D eigenvalue weighted by Crippen LogP contribution is -2.44. The highest BCUT2D eigenvalue weighted by Gasteiger charge is 2.22. The van der Waals surface area contributed by atoms with Crippen LogP contribution >= 0.6 is 24.8 Å². The van der Waals surface area contributed by atoms with Crippen LogP contribution in [0.2, 0.25) is 0 Å². The first-order chi connectivity index (χ1) is 13.4. The fraction of sp³-hybridized carbons (Fsp3) is 0.435. The molecule has 1 amide bonds. The van der Waals surface area contributed by atoms with Crippen molar-refractivity contribution in [3.05, 3.63) is 70.8 Å². The maximum Gasteiger partial charge on any atom is 0.241 e. The van der Waals surface area contributed by atoms with Crippen LogP contribution < -0.4 is 11.1 Å². The van der Waals surface area contributed by atoms with E-state index in [4.69, 9.17) is 10.5 Å². The molecule has 3 rings (SSSR count). The molecule has 0 radical (unpaired) electrons. The zero-order valence-electron chi connectivity index (χ0n) is 17.8. The molecule has 3 N–H and O–H groups in total. The normalized spacial score (nSPS) is 19.9. The zero-order chi connectivity index (χ0) is 20.1. The Morgan fingerprint density at radius 3 is 2.13 bits per heavy atom. The molecule has 30 heavy (non-hydrogen) atoms. The molecule has 1 aliphatic rings. The van der Waals surface area contributed by atoms with Gasteiger partial charge < -0.3 is 15.8 Å². The number of amides is 1. The highest BCUT2D eigenvalue weighted by molar-refractivity contribution is 5.85. The molecule has 5 nitrogen and oxygen atoms in total. The Kier molecular flexibility index (Phi) is 10.8. The molecule has 166 valence electrons. The Bertz CT molecular complexity index is 774. The van der Waals surface area contributed by atoms with Crippen LogP contribution in [0.4, 0.5) is 0 Å². The topological polar surface area (TPSA) is 67.6 Å². The Labute approximate surface area is 192 Å². The van der Waals surface area contributed by atoms with Gasteiger partial charge in [0.05, 0.1) is 12.2 Å². The summed E-state index contributed by atoms with van der Waals surface area (Å²) in [5, 5.41) is 2.93. The summed E-state index contributed by atoms with van der Waals surface area (Å²) in [7, 11) is 0. The third-order valence-corrected chi connectivity index (χ3v) is 5.11. The van der Waals surface area contributed by atoms with Gasteiger partial charge in [0.2, 0.25) is 5.91 Å². The van der Waals surface area contributed by atoms with Crippen molar-refractivity contribution in [2.24, 2.45) is 5.73 Å². The predicted molar refractivity (Wildman–Crippen MR) is 126 cm³/mol. The zero-order valence-corrected chi connectivity index (χ0v) is 19.5. The number of carbonyl (C=O) groups is 1. The van der Waals surface area contributed by atoms with Crippen LogP contribution in [0.3, 0.4) is 0 Å². The Morgan fingerprint density at radius 2 is 1.57 bits per heavy atom. The van der Waals surface area contributed by atoms with Gasteiger partial charge in [-0.1, -0.05) is 54.1 Å². The van der Waals surface area contributed by atoms with Gasteiger partial charge in [-0.05, 0) is 37.5 Å². The average molecular weight is 454 g/mol. The van der Waals surface area contributed by atoms with Crippen molar-refractivity contribution >= 4 is 30.7 Å². The summed E-state index contributed by atoms with van der Waals surface area (Å²) in [6.07, 6.45) is 0.548. The van der Waals surface area contributed by atoms with E-state index in [1.807, 2.05) is 31.2 Å². The van der Waals surface area contributed by atoms with E-state index in [0.29, 0.717) is 6.54 Å². The van der Waals surface area contributed by atoms with Crippen LogP contribution in [0.1, 0.15) is 42.1 Å². The molecular weight excluding hydrogens is 421 g/mol. The summed E-state index contributed by atoms with van der Waals surface area (Å²) in [6, 6.07) is 15.5. The van der Waals surface area contributed by atoms with Gasteiger partial charge in [-0.2, -0.15) is 0 Å². The summed E-state index contributed by atoms with van der Waals surface area (Å²) in [6.45, 7) is 9.57. The van der Waals surface area contributed by atoms with Crippen molar-refractivity contribution in [2.75, 3.05) is 13.1 Å². The number of hydrogen-bond acceptors (Lipinski definition) is 4. The molecule has 0 aromatic heterocycles. The highest BCUT2D eigenvalue weighted by Crippen LogP contribution is 2.15. The van der Waals surface area contributed by atoms with Gasteiger partial charge in [-0.25, -0.2) is 0 Å². The summed E-state index contributed by atoms with van der Waals surface area (Å²) in [5.74, 6) is -0.163. The standard InChI is InChI=1S/C23H31N3O2.2ClH/c1-16-4-10-21(11-5-16)22(24)23(27)25-12-19-6-8-20(9-7-19)15-26-13-17(2)28-18(3)14-26;;/h4-11,17-18,22H,12-15,24H2,1-3H3,(H,25,27);2*1H. The van der Waals surface area contributed by atoms with E-state index in [1.165, 1.54) is 5.56 Å². The van der Waals surface area contributed by atoms with Gasteiger partial charge in [-0.3, -0.25) is 9.69 Å². The third-order valence-electron chi connectivity index (χ3n) is 5.11. The van der Waals surface area contributed by atoms with Crippen LogP contribution in [0.15, 0.2) is 48.5 Å². The number of benzene rings is 2. The van der Waals surface area contributed by atoms with E-state index >= 15 is 0 Å². The monoisotopic (exact) mass is 453 g/mol. The summed E-state index contributed by atoms with van der Waals surface area (Å²) in [5.41, 5.74) is 10.4. The van der Waals surface area contributed by atoms with Gasteiger partial charge in [0.25, 0.3) is 0 Å². The van der Waals surface area contributed by atoms with Crippen molar-refractivity contribution in [2.45, 2.75) is 52.1 Å². The first kappa shape index (κ1) is 26.4. The number of nitrogens with zero attached hydrogens (tertiary/aromatic N) is 1. The minimum absolute atomic E-state index is 0. The molecule has 0 bridgehead atoms. The van der Waals surface area contributed by atoms with Crippen molar-refractivity contribution in [3.8, 4) is 0 Å². The fourth-order valence-corrected chi connectivity index (χ4v) is 3.66. The largest absolute Gasteiger partial charge is 0.373 e. The maximum absolute atomic E-state index is 12.3. The second-order valence-electron chi connectivity index (χ2n) is 7.87. The van der Waals surface area contributed by atoms with Gasteiger partial charge in [0, 0.05) is 26.2 Å². The Hall–Kier alpha value is -1.63. The summed E-state index contributed by atoms with van der Waals surface area (Å²) < 4.78 is 5.79. The van der Waals surface area contributed by atoms with Crippen LogP contribution in [0.25, 0.3) is 0 Å². The molecule has 0 aliphatic carbocycles. The number of hydrogen-bond donors (Lipinski definition) is 2. The molecule has 0 saturated carbocycles. The molecule has 2 aromatic carbocycles. The number of rotatable bonds is 6. The van der Waals surface area contributed by atoms with Crippen LogP contribution in [-0.4, -0.2) is 36.1 Å². The number of nitrogens with one attached hydrogen (secondary N) is 1. The minimum atomic E-state index is -0.648. The number of aryl methyl sites for hydroxylation is 1. The minimum Gasteiger partial charge on any atom is -0.373 e. The van der Waals surface area contributed by atoms with Crippen molar-refractivity contribution < 1.29 is 9.53 Å². The van der Waals surface area contributed by atoms with Crippen molar-refractivity contribution in [3.63, 3.8) is 0 Å². The third kappa shape index (κ3) is 7.56. The second kappa shape index (κ2) is 12.3. The van der Waals surface area contributed by atoms with Crippen LogP contribution in [0, 0.1) is 6.92 Å². The van der Waals surface area contributed by atoms with Crippen molar-refractivity contribution in [1.82, 2.24) is 10.2 Å². The molecule has 3 atom stereocenters. The van der Waals surface area contributed by atoms with Gasteiger partial charge in [0.15, 0.2) is 0 Å². The molecule has 3 unspecified atom stereocenters. The Balaban J connectivity index is 0.00000225. The maximum atomic E-state index is 12.3. The molecule has 0 spiro atoms. The molecule has 2 aromatic rings. The summed E-state index contributed by atoms with van der Waals surface area (Å²) >= 11 is 0. The average Bonchev–Trinajstić information content (AvgIpc) is 2.66. The molecule has 1 fully saturated rings. The van der Waals surface area contributed by atoms with E-state index in [9.17, 15) is 4.79 Å². The number of ether oxygens (including phenoxy) is 1. The molecular formula is C23H33Cl2N3O2. The van der Waals surface area contributed by atoms with Gasteiger partial charge in [-0.15, -0.1) is 24.8 Å². The predicted octanol–water partition coefficient (Wildman–Crippen LogP) is 3.76. The summed E-state index contributed by atoms with van der Waals surface area (Å²) in [4.78, 5) is 14.8. The number of halogens is 2. The smallest absolute Gasteiger partial charge is 0.241 e. The molecule has 7 heteroatoms. The molecule has 1 saturated heterocycles.